The van der Waals surface area contributed by atoms with Crippen LogP contribution in [0, 0.1) is 3.57 Å². The molecule has 8 heteroatoms. The number of rotatable bonds is 7. The molecule has 0 aliphatic rings. The summed E-state index contributed by atoms with van der Waals surface area (Å²) in [7, 11) is 0. The molecule has 0 bridgehead atoms. The molecule has 168 valence electrons. The van der Waals surface area contributed by atoms with Crippen molar-refractivity contribution in [3.05, 3.63) is 52.1 Å². The maximum atomic E-state index is 12.4. The third kappa shape index (κ3) is 7.54. The number of hydrogen-bond acceptors (Lipinski definition) is 7. The SMILES string of the molecule is CC(=O)OI(OC(C)=O)c1c(O[C@H](C)C(=O)OC(C)(C)C)cccc1-c1ccccc1. The monoisotopic (exact) mass is 542 g/mol. The van der Waals surface area contributed by atoms with Gasteiger partial charge in [-0.1, -0.05) is 0 Å². The second-order valence-electron chi connectivity index (χ2n) is 7.63. The Morgan fingerprint density at radius 3 is 1.97 bits per heavy atom. The van der Waals surface area contributed by atoms with Crippen LogP contribution < -0.4 is 4.74 Å². The Balaban J connectivity index is 2.55. The molecular formula is C23H27IO7. The predicted molar refractivity (Wildman–Crippen MR) is 124 cm³/mol. The van der Waals surface area contributed by atoms with E-state index < -0.39 is 50.3 Å². The Morgan fingerprint density at radius 1 is 0.871 bits per heavy atom. The van der Waals surface area contributed by atoms with E-state index in [1.54, 1.807) is 39.8 Å². The average Bonchev–Trinajstić information content (AvgIpc) is 2.66. The number of hydrogen-bond donors (Lipinski definition) is 0. The van der Waals surface area contributed by atoms with Crippen LogP contribution in [0.25, 0.3) is 11.1 Å². The second-order valence-corrected chi connectivity index (χ2v) is 10.8. The molecule has 2 aromatic carbocycles. The molecule has 0 saturated heterocycles. The fourth-order valence-electron chi connectivity index (χ4n) is 2.52. The molecule has 0 saturated carbocycles. The maximum absolute atomic E-state index is 12.4. The van der Waals surface area contributed by atoms with Crippen LogP contribution in [-0.4, -0.2) is 29.6 Å². The van der Waals surface area contributed by atoms with Crippen molar-refractivity contribution >= 4 is 38.6 Å². The second kappa shape index (κ2) is 10.6. The van der Waals surface area contributed by atoms with Gasteiger partial charge in [0.15, 0.2) is 0 Å². The van der Waals surface area contributed by atoms with Crippen molar-refractivity contribution in [2.24, 2.45) is 0 Å². The van der Waals surface area contributed by atoms with Crippen molar-refractivity contribution in [3.63, 3.8) is 0 Å². The normalized spacial score (nSPS) is 12.4. The van der Waals surface area contributed by atoms with E-state index in [1.807, 2.05) is 36.4 Å². The first-order chi connectivity index (χ1) is 14.5. The van der Waals surface area contributed by atoms with Gasteiger partial charge >= 0.3 is 191 Å². The standard InChI is InChI=1S/C23H27IO7/c1-15(22(27)29-23(4,5)6)28-20-14-10-13-19(18-11-8-7-9-12-18)21(20)24(30-16(2)25)31-17(3)26/h7-15H,1-6H3/t15-/m1/s1. The number of benzene rings is 2. The summed E-state index contributed by atoms with van der Waals surface area (Å²) in [5, 5.41) is 0. The third-order valence-electron chi connectivity index (χ3n) is 3.60. The van der Waals surface area contributed by atoms with E-state index in [0.29, 0.717) is 14.9 Å². The molecule has 0 N–H and O–H groups in total. The topological polar surface area (TPSA) is 88.1 Å². The molecule has 0 unspecified atom stereocenters. The Hall–Kier alpha value is -2.62. The van der Waals surface area contributed by atoms with E-state index in [4.69, 9.17) is 15.6 Å². The zero-order chi connectivity index (χ0) is 23.2. The van der Waals surface area contributed by atoms with Gasteiger partial charge in [-0.15, -0.1) is 0 Å². The first kappa shape index (κ1) is 24.6. The quantitative estimate of drug-likeness (QED) is 0.356. The fraction of sp³-hybridized carbons (Fsp3) is 0.348. The van der Waals surface area contributed by atoms with E-state index in [0.717, 1.165) is 5.56 Å². The molecular weight excluding hydrogens is 515 g/mol. The zero-order valence-electron chi connectivity index (χ0n) is 18.4. The number of halogens is 1. The van der Waals surface area contributed by atoms with Crippen LogP contribution in [0.1, 0.15) is 41.5 Å². The van der Waals surface area contributed by atoms with Crippen LogP contribution in [0.4, 0.5) is 0 Å². The van der Waals surface area contributed by atoms with Gasteiger partial charge in [-0.25, -0.2) is 0 Å². The molecule has 0 fully saturated rings. The van der Waals surface area contributed by atoms with E-state index in [-0.39, 0.29) is 0 Å². The van der Waals surface area contributed by atoms with Gasteiger partial charge in [-0.05, 0) is 0 Å². The van der Waals surface area contributed by atoms with Crippen molar-refractivity contribution in [2.45, 2.75) is 53.2 Å². The molecule has 1 atom stereocenters. The third-order valence-corrected chi connectivity index (χ3v) is 7.64. The minimum absolute atomic E-state index is 0.299. The van der Waals surface area contributed by atoms with E-state index in [2.05, 4.69) is 0 Å². The summed E-state index contributed by atoms with van der Waals surface area (Å²) in [6.45, 7) is 9.38. The molecule has 0 aliphatic carbocycles. The van der Waals surface area contributed by atoms with E-state index >= 15 is 0 Å². The fourth-order valence-corrected chi connectivity index (χ4v) is 5.88. The Labute approximate surface area is 190 Å². The van der Waals surface area contributed by atoms with Gasteiger partial charge in [0.05, 0.1) is 0 Å². The van der Waals surface area contributed by atoms with Crippen molar-refractivity contribution in [3.8, 4) is 16.9 Å². The molecule has 0 heterocycles. The molecule has 0 aromatic heterocycles. The summed E-state index contributed by atoms with van der Waals surface area (Å²) in [6, 6.07) is 14.6. The molecule has 0 spiro atoms. The van der Waals surface area contributed by atoms with Gasteiger partial charge in [0, 0.05) is 0 Å². The molecule has 0 radical (unpaired) electrons. The van der Waals surface area contributed by atoms with Crippen LogP contribution in [-0.2, 0) is 25.3 Å². The molecule has 7 nitrogen and oxygen atoms in total. The first-order valence-electron chi connectivity index (χ1n) is 9.64. The number of carbonyl (C=O) groups excluding carboxylic acids is 3. The number of ether oxygens (including phenoxy) is 2. The zero-order valence-corrected chi connectivity index (χ0v) is 20.6. The molecule has 31 heavy (non-hydrogen) atoms. The van der Waals surface area contributed by atoms with Crippen molar-refractivity contribution in [2.75, 3.05) is 0 Å². The minimum atomic E-state index is -3.28. The van der Waals surface area contributed by atoms with Crippen LogP contribution >= 0.6 is 20.6 Å². The van der Waals surface area contributed by atoms with Crippen molar-refractivity contribution in [1.82, 2.24) is 0 Å². The summed E-state index contributed by atoms with van der Waals surface area (Å²) in [6.07, 6.45) is -0.934. The van der Waals surface area contributed by atoms with E-state index in [9.17, 15) is 14.4 Å². The number of esters is 1. The summed E-state index contributed by atoms with van der Waals surface area (Å²) in [5.74, 6) is -1.38. The predicted octanol–water partition coefficient (Wildman–Crippen LogP) is 5.09. The summed E-state index contributed by atoms with van der Waals surface area (Å²) >= 11 is -3.28. The van der Waals surface area contributed by atoms with Crippen LogP contribution in [0.2, 0.25) is 0 Å². The van der Waals surface area contributed by atoms with Gasteiger partial charge < -0.3 is 0 Å². The van der Waals surface area contributed by atoms with Gasteiger partial charge in [-0.2, -0.15) is 0 Å². The van der Waals surface area contributed by atoms with Gasteiger partial charge in [0.1, 0.15) is 0 Å². The Kier molecular flexibility index (Phi) is 8.43. The molecule has 2 rings (SSSR count). The first-order valence-corrected chi connectivity index (χ1v) is 12.5. The van der Waals surface area contributed by atoms with Gasteiger partial charge in [0.25, 0.3) is 0 Å². The molecule has 0 aliphatic heterocycles. The van der Waals surface area contributed by atoms with Gasteiger partial charge in [0.2, 0.25) is 0 Å². The Bertz CT molecular complexity index is 919. The average molecular weight is 542 g/mol. The Morgan fingerprint density at radius 2 is 1.45 bits per heavy atom. The van der Waals surface area contributed by atoms with E-state index in [1.165, 1.54) is 13.8 Å². The molecule has 2 aromatic rings. The van der Waals surface area contributed by atoms with Crippen LogP contribution in [0.3, 0.4) is 0 Å². The summed E-state index contributed by atoms with van der Waals surface area (Å²) in [5.41, 5.74) is 0.855. The van der Waals surface area contributed by atoms with Gasteiger partial charge in [-0.3, -0.25) is 0 Å². The van der Waals surface area contributed by atoms with Crippen LogP contribution in [0.5, 0.6) is 5.75 Å². The molecule has 0 amide bonds. The van der Waals surface area contributed by atoms with Crippen LogP contribution in [0.15, 0.2) is 48.5 Å². The summed E-state index contributed by atoms with van der Waals surface area (Å²) < 4.78 is 22.7. The van der Waals surface area contributed by atoms with Crippen molar-refractivity contribution in [1.29, 1.82) is 0 Å². The van der Waals surface area contributed by atoms with Crippen molar-refractivity contribution < 1.29 is 30.0 Å². The number of carbonyl (C=O) groups is 3. The summed E-state index contributed by atoms with van der Waals surface area (Å²) in [4.78, 5) is 36.0.